The van der Waals surface area contributed by atoms with Crippen molar-refractivity contribution in [1.82, 2.24) is 42.5 Å². The molecule has 0 saturated heterocycles. The van der Waals surface area contributed by atoms with E-state index in [2.05, 4.69) is 52.5 Å². The third kappa shape index (κ3) is 25.7. The highest BCUT2D eigenvalue weighted by Gasteiger charge is 2.34. The Bertz CT molecular complexity index is 1810. The maximum Gasteiger partial charge on any atom is 0.326 e. The van der Waals surface area contributed by atoms with Gasteiger partial charge < -0.3 is 92.9 Å². The van der Waals surface area contributed by atoms with Crippen LogP contribution in [0.15, 0.2) is 9.98 Å². The largest absolute Gasteiger partial charge is 0.480 e. The number of amides is 9. The number of carbonyl (C=O) groups is 10. The summed E-state index contributed by atoms with van der Waals surface area (Å²) in [5.74, 6) is -11.1. The first-order valence-electron chi connectivity index (χ1n) is 22.3. The standard InChI is InChI=1S/C40H75N17O12/c1-19(2)29(57-34(64)24(12-9-15-49-40(46)47)51-32(62)22(10-6-7-13-41)52-35(65)26(18-58)55-31(61)21(5)42)36(66)50-17-28(60)56-30(20(3)4)37(67)53-23(11-8-14-48-39(44)45)33(63)54-25(38(68)69)16-27(43)59/h19-26,29-30,58H,6-18,41-42H2,1-5H3,(H2,43,59)(H,50,66)(H,51,62)(H,52,65)(H,53,67)(H,54,63)(H,55,61)(H,56,60)(H,57,64)(H,68,69)(H4,44,45,48)(H4,46,47,49)/t21-,22-,23-,24-,25-,26-,29-,30-/m0/s1. The van der Waals surface area contributed by atoms with Gasteiger partial charge >= 0.3 is 5.97 Å². The number of aliphatic hydroxyl groups excluding tert-OH is 1. The second-order valence-corrected chi connectivity index (χ2v) is 16.7. The average molecular weight is 986 g/mol. The number of rotatable bonds is 34. The van der Waals surface area contributed by atoms with Crippen LogP contribution < -0.4 is 82.7 Å². The Balaban J connectivity index is 6.25. The molecular weight excluding hydrogens is 911 g/mol. The minimum Gasteiger partial charge on any atom is -0.480 e. The molecular formula is C40H75N17O12. The van der Waals surface area contributed by atoms with Gasteiger partial charge in [0.05, 0.1) is 25.6 Å². The predicted octanol–water partition coefficient (Wildman–Crippen LogP) is -7.66. The third-order valence-electron chi connectivity index (χ3n) is 9.92. The molecule has 0 aromatic heterocycles. The summed E-state index contributed by atoms with van der Waals surface area (Å²) in [6.07, 6.45) is 0.217. The third-order valence-corrected chi connectivity index (χ3v) is 9.92. The lowest BCUT2D eigenvalue weighted by atomic mass is 10.0. The van der Waals surface area contributed by atoms with Crippen LogP contribution in [0.1, 0.15) is 86.0 Å². The molecule has 0 aliphatic carbocycles. The lowest BCUT2D eigenvalue weighted by Crippen LogP contribution is -2.60. The molecule has 0 fully saturated rings. The summed E-state index contributed by atoms with van der Waals surface area (Å²) >= 11 is 0. The number of nitrogens with zero attached hydrogens (tertiary/aromatic N) is 2. The zero-order valence-corrected chi connectivity index (χ0v) is 39.9. The van der Waals surface area contributed by atoms with Gasteiger partial charge in [0.25, 0.3) is 0 Å². The van der Waals surface area contributed by atoms with Gasteiger partial charge in [-0.2, -0.15) is 0 Å². The minimum atomic E-state index is -1.71. The quantitative estimate of drug-likeness (QED) is 0.0162. The molecule has 0 spiro atoms. The van der Waals surface area contributed by atoms with Crippen molar-refractivity contribution in [3.8, 4) is 0 Å². The van der Waals surface area contributed by atoms with Gasteiger partial charge in [-0.05, 0) is 70.3 Å². The molecule has 0 heterocycles. The number of unbranched alkanes of at least 4 members (excludes halogenated alkanes) is 1. The normalized spacial score (nSPS) is 14.4. The minimum absolute atomic E-state index is 0.0309. The number of carboxylic acid groups (broad SMARTS) is 1. The van der Waals surface area contributed by atoms with Crippen molar-refractivity contribution in [2.24, 2.45) is 62.0 Å². The van der Waals surface area contributed by atoms with Crippen LogP contribution in [0.5, 0.6) is 0 Å². The molecule has 0 aromatic carbocycles. The Hall–Kier alpha value is -6.88. The van der Waals surface area contributed by atoms with E-state index in [4.69, 9.17) is 40.1 Å². The second-order valence-electron chi connectivity index (χ2n) is 16.7. The Labute approximate surface area is 400 Å². The van der Waals surface area contributed by atoms with Crippen molar-refractivity contribution < 1.29 is 58.2 Å². The summed E-state index contributed by atoms with van der Waals surface area (Å²) in [4.78, 5) is 137. The van der Waals surface area contributed by atoms with E-state index in [0.717, 1.165) is 0 Å². The number of aliphatic hydroxyl groups is 1. The summed E-state index contributed by atoms with van der Waals surface area (Å²) in [6.45, 7) is 6.52. The number of nitrogens with two attached hydrogens (primary N) is 7. The van der Waals surface area contributed by atoms with Crippen LogP contribution in [-0.4, -0.2) is 162 Å². The summed E-state index contributed by atoms with van der Waals surface area (Å²) in [5.41, 5.74) is 37.9. The summed E-state index contributed by atoms with van der Waals surface area (Å²) in [5, 5.41) is 38.8. The van der Waals surface area contributed by atoms with Crippen molar-refractivity contribution in [1.29, 1.82) is 0 Å². The number of aliphatic carboxylic acids is 1. The summed E-state index contributed by atoms with van der Waals surface area (Å²) < 4.78 is 0. The highest BCUT2D eigenvalue weighted by Crippen LogP contribution is 2.10. The molecule has 0 aromatic rings. The smallest absolute Gasteiger partial charge is 0.326 e. The maximum absolute atomic E-state index is 13.9. The number of hydrogen-bond acceptors (Lipinski definition) is 15. The molecule has 29 nitrogen and oxygen atoms in total. The van der Waals surface area contributed by atoms with Gasteiger partial charge in [0, 0.05) is 13.1 Å². The van der Waals surface area contributed by atoms with E-state index in [0.29, 0.717) is 12.8 Å². The van der Waals surface area contributed by atoms with Gasteiger partial charge in [0.2, 0.25) is 53.2 Å². The fraction of sp³-hybridized carbons (Fsp3) is 0.700. The van der Waals surface area contributed by atoms with Crippen LogP contribution in [0.2, 0.25) is 0 Å². The molecule has 392 valence electrons. The molecule has 9 amide bonds. The van der Waals surface area contributed by atoms with Crippen LogP contribution in [0.4, 0.5) is 0 Å². The van der Waals surface area contributed by atoms with Crippen molar-refractivity contribution in [3.63, 3.8) is 0 Å². The van der Waals surface area contributed by atoms with Crippen LogP contribution in [0.25, 0.3) is 0 Å². The molecule has 69 heavy (non-hydrogen) atoms. The first-order valence-corrected chi connectivity index (χ1v) is 22.3. The number of primary amides is 1. The van der Waals surface area contributed by atoms with E-state index in [-0.39, 0.29) is 63.7 Å². The van der Waals surface area contributed by atoms with Crippen LogP contribution in [0, 0.1) is 11.8 Å². The summed E-state index contributed by atoms with van der Waals surface area (Å²) in [7, 11) is 0. The fourth-order valence-corrected chi connectivity index (χ4v) is 6.11. The molecule has 0 saturated carbocycles. The molecule has 0 bridgehead atoms. The Morgan fingerprint density at radius 1 is 0.507 bits per heavy atom. The lowest BCUT2D eigenvalue weighted by molar-refractivity contribution is -0.143. The van der Waals surface area contributed by atoms with Gasteiger partial charge in [-0.1, -0.05) is 27.7 Å². The van der Waals surface area contributed by atoms with Crippen molar-refractivity contribution in [2.75, 3.05) is 32.8 Å². The van der Waals surface area contributed by atoms with Gasteiger partial charge in [-0.3, -0.25) is 53.1 Å². The Kier molecular flexibility index (Phi) is 29.5. The van der Waals surface area contributed by atoms with Gasteiger partial charge in [0.15, 0.2) is 11.9 Å². The maximum atomic E-state index is 13.9. The number of carboxylic acids is 1. The van der Waals surface area contributed by atoms with E-state index in [1.54, 1.807) is 27.7 Å². The predicted molar refractivity (Wildman–Crippen MR) is 251 cm³/mol. The highest BCUT2D eigenvalue weighted by molar-refractivity contribution is 5.98. The molecule has 0 aliphatic heterocycles. The molecule has 8 atom stereocenters. The molecule has 24 N–H and O–H groups in total. The highest BCUT2D eigenvalue weighted by atomic mass is 16.4. The summed E-state index contributed by atoms with van der Waals surface area (Å²) in [6, 6.07) is -10.8. The average Bonchev–Trinajstić information content (AvgIpc) is 3.25. The number of guanidine groups is 2. The lowest BCUT2D eigenvalue weighted by Gasteiger charge is -2.28. The zero-order chi connectivity index (χ0) is 53.0. The first-order chi connectivity index (χ1) is 32.2. The van der Waals surface area contributed by atoms with E-state index < -0.39 is 139 Å². The Morgan fingerprint density at radius 3 is 1.32 bits per heavy atom. The number of aliphatic imine (C=N–C) groups is 2. The zero-order valence-electron chi connectivity index (χ0n) is 39.9. The van der Waals surface area contributed by atoms with Crippen LogP contribution in [-0.2, 0) is 47.9 Å². The number of nitrogens with one attached hydrogen (secondary N) is 8. The molecule has 0 rings (SSSR count). The van der Waals surface area contributed by atoms with Crippen LogP contribution in [0.3, 0.4) is 0 Å². The monoisotopic (exact) mass is 986 g/mol. The molecule has 0 radical (unpaired) electrons. The van der Waals surface area contributed by atoms with E-state index >= 15 is 0 Å². The SMILES string of the molecule is CC(C)[C@H](NC(=O)CNC(=O)[C@@H](NC(=O)[C@H](CCCN=C(N)N)NC(=O)[C@H](CCCCN)NC(=O)[C@H](CO)NC(=O)[C@H](C)N)C(C)C)C(=O)N[C@@H](CCCN=C(N)N)C(=O)N[C@@H](CC(N)=O)C(=O)O. The van der Waals surface area contributed by atoms with Crippen molar-refractivity contribution in [3.05, 3.63) is 0 Å². The van der Waals surface area contributed by atoms with E-state index in [1.165, 1.54) is 6.92 Å². The van der Waals surface area contributed by atoms with Crippen molar-refractivity contribution in [2.45, 2.75) is 134 Å². The van der Waals surface area contributed by atoms with Gasteiger partial charge in [-0.15, -0.1) is 0 Å². The van der Waals surface area contributed by atoms with E-state index in [9.17, 15) is 58.2 Å². The van der Waals surface area contributed by atoms with E-state index in [1.807, 2.05) is 0 Å². The number of carbonyl (C=O) groups excluding carboxylic acids is 9. The number of hydrogen-bond donors (Lipinski definition) is 17. The van der Waals surface area contributed by atoms with Crippen molar-refractivity contribution >= 4 is 71.1 Å². The fourth-order valence-electron chi connectivity index (χ4n) is 6.11. The van der Waals surface area contributed by atoms with Gasteiger partial charge in [0.1, 0.15) is 42.3 Å². The first kappa shape index (κ1) is 62.1. The molecule has 0 unspecified atom stereocenters. The second kappa shape index (κ2) is 32.8. The Morgan fingerprint density at radius 2 is 0.913 bits per heavy atom. The topological polar surface area (TPSA) is 514 Å². The molecule has 0 aliphatic rings. The van der Waals surface area contributed by atoms with Gasteiger partial charge in [-0.25, -0.2) is 4.79 Å². The van der Waals surface area contributed by atoms with Crippen LogP contribution >= 0.6 is 0 Å². The molecule has 29 heteroatoms.